The molecule has 1 aromatic heterocycles. The van der Waals surface area contributed by atoms with Gasteiger partial charge >= 0.3 is 0 Å². The molecule has 0 spiro atoms. The molecular weight excluding hydrogens is 593 g/mol. The lowest BCUT2D eigenvalue weighted by Crippen LogP contribution is -1.91. The van der Waals surface area contributed by atoms with Crippen molar-refractivity contribution >= 4 is 54.3 Å². The largest absolute Gasteiger partial charge is 0.456 e. The van der Waals surface area contributed by atoms with E-state index in [1.165, 1.54) is 76.8 Å². The van der Waals surface area contributed by atoms with E-state index >= 15 is 0 Å². The van der Waals surface area contributed by atoms with Gasteiger partial charge in [-0.05, 0) is 101 Å². The first-order chi connectivity index (χ1) is 24.3. The van der Waals surface area contributed by atoms with Crippen molar-refractivity contribution in [1.29, 1.82) is 0 Å². The van der Waals surface area contributed by atoms with Crippen LogP contribution in [0.15, 0.2) is 186 Å². The minimum Gasteiger partial charge on any atom is -0.456 e. The van der Waals surface area contributed by atoms with Gasteiger partial charge in [-0.2, -0.15) is 0 Å². The molecule has 0 unspecified atom stereocenters. The summed E-state index contributed by atoms with van der Waals surface area (Å²) in [6, 6.07) is 65.7. The molecule has 10 rings (SSSR count). The van der Waals surface area contributed by atoms with Crippen LogP contribution in [0.1, 0.15) is 0 Å². The molecule has 0 bridgehead atoms. The highest BCUT2D eigenvalue weighted by Gasteiger charge is 2.19. The Kier molecular flexibility index (Phi) is 6.25. The van der Waals surface area contributed by atoms with Crippen molar-refractivity contribution in [2.75, 3.05) is 0 Å². The molecule has 1 nitrogen and oxygen atoms in total. The van der Waals surface area contributed by atoms with Crippen molar-refractivity contribution in [2.45, 2.75) is 0 Å². The zero-order valence-electron chi connectivity index (χ0n) is 26.7. The highest BCUT2D eigenvalue weighted by Crippen LogP contribution is 2.46. The molecule has 49 heavy (non-hydrogen) atoms. The maximum absolute atomic E-state index is 6.43. The summed E-state index contributed by atoms with van der Waals surface area (Å²) in [6.45, 7) is 0. The summed E-state index contributed by atoms with van der Waals surface area (Å²) in [5, 5.41) is 9.77. The normalized spacial score (nSPS) is 11.7. The Morgan fingerprint density at radius 3 is 1.55 bits per heavy atom. The Morgan fingerprint density at radius 1 is 0.286 bits per heavy atom. The van der Waals surface area contributed by atoms with Crippen molar-refractivity contribution in [2.24, 2.45) is 0 Å². The molecule has 228 valence electrons. The van der Waals surface area contributed by atoms with Gasteiger partial charge in [0.1, 0.15) is 11.2 Å². The van der Waals surface area contributed by atoms with Crippen molar-refractivity contribution in [3.8, 4) is 44.5 Å². The second-order valence-corrected chi connectivity index (χ2v) is 12.8. The highest BCUT2D eigenvalue weighted by atomic mass is 16.3. The van der Waals surface area contributed by atoms with E-state index in [4.69, 9.17) is 4.42 Å². The molecule has 0 amide bonds. The molecule has 0 aliphatic rings. The second kappa shape index (κ2) is 11.1. The van der Waals surface area contributed by atoms with E-state index in [2.05, 4.69) is 182 Å². The van der Waals surface area contributed by atoms with Crippen LogP contribution in [-0.2, 0) is 0 Å². The molecule has 0 N–H and O–H groups in total. The van der Waals surface area contributed by atoms with Gasteiger partial charge in [-0.1, -0.05) is 158 Å². The SMILES string of the molecule is c1ccc(-c2cccc3oc4ccc(-c5c6ccccc6c(-c6cccc(-c7cccc8ccccc78)c6)c6ccccc56)cc4c23)cc1. The summed E-state index contributed by atoms with van der Waals surface area (Å²) >= 11 is 0. The van der Waals surface area contributed by atoms with Crippen molar-refractivity contribution in [1.82, 2.24) is 0 Å². The predicted octanol–water partition coefficient (Wildman–Crippen LogP) is 13.7. The fraction of sp³-hybridized carbons (Fsp3) is 0. The van der Waals surface area contributed by atoms with E-state index in [1.54, 1.807) is 0 Å². The van der Waals surface area contributed by atoms with Gasteiger partial charge in [-0.3, -0.25) is 0 Å². The maximum Gasteiger partial charge on any atom is 0.136 e. The summed E-state index contributed by atoms with van der Waals surface area (Å²) in [4.78, 5) is 0. The van der Waals surface area contributed by atoms with Gasteiger partial charge in [-0.25, -0.2) is 0 Å². The first kappa shape index (κ1) is 27.7. The first-order valence-electron chi connectivity index (χ1n) is 16.8. The van der Waals surface area contributed by atoms with Crippen LogP contribution in [0.2, 0.25) is 0 Å². The Morgan fingerprint density at radius 2 is 0.816 bits per heavy atom. The van der Waals surface area contributed by atoms with Gasteiger partial charge < -0.3 is 4.42 Å². The Balaban J connectivity index is 1.23. The molecule has 0 atom stereocenters. The number of hydrogen-bond acceptors (Lipinski definition) is 1. The average molecular weight is 623 g/mol. The third-order valence-electron chi connectivity index (χ3n) is 10.1. The van der Waals surface area contributed by atoms with Crippen LogP contribution < -0.4 is 0 Å². The molecule has 0 radical (unpaired) electrons. The zero-order valence-corrected chi connectivity index (χ0v) is 26.7. The molecule has 1 heterocycles. The topological polar surface area (TPSA) is 13.1 Å². The van der Waals surface area contributed by atoms with Gasteiger partial charge in [0.2, 0.25) is 0 Å². The van der Waals surface area contributed by atoms with Crippen LogP contribution in [0, 0.1) is 0 Å². The Bertz CT molecular complexity index is 2810. The summed E-state index contributed by atoms with van der Waals surface area (Å²) in [5.41, 5.74) is 11.6. The van der Waals surface area contributed by atoms with Crippen molar-refractivity contribution in [3.05, 3.63) is 182 Å². The second-order valence-electron chi connectivity index (χ2n) is 12.8. The lowest BCUT2D eigenvalue weighted by molar-refractivity contribution is 0.669. The number of rotatable bonds is 4. The number of fused-ring (bicyclic) bond motifs is 6. The molecule has 0 saturated carbocycles. The van der Waals surface area contributed by atoms with Crippen LogP contribution in [0.3, 0.4) is 0 Å². The smallest absolute Gasteiger partial charge is 0.136 e. The van der Waals surface area contributed by atoms with Crippen LogP contribution in [0.25, 0.3) is 98.8 Å². The monoisotopic (exact) mass is 622 g/mol. The summed E-state index contributed by atoms with van der Waals surface area (Å²) in [7, 11) is 0. The standard InChI is InChI=1S/C48H30O/c1-2-13-32(14-3-1)38-25-12-26-45-48(38)43-30-35(27-28-44(43)49-45)47-41-22-8-6-20-39(41)46(40-21-7-9-23-42(40)47)34-18-10-17-33(29-34)37-24-11-16-31-15-4-5-19-36(31)37/h1-30H. The van der Waals surface area contributed by atoms with Crippen LogP contribution in [0.5, 0.6) is 0 Å². The van der Waals surface area contributed by atoms with Crippen molar-refractivity contribution in [3.63, 3.8) is 0 Å². The van der Waals surface area contributed by atoms with Gasteiger partial charge in [-0.15, -0.1) is 0 Å². The Labute approximate surface area is 284 Å². The third kappa shape index (κ3) is 4.40. The number of benzene rings is 9. The molecule has 10 aromatic rings. The minimum atomic E-state index is 0.901. The summed E-state index contributed by atoms with van der Waals surface area (Å²) in [6.07, 6.45) is 0. The number of hydrogen-bond donors (Lipinski definition) is 0. The molecular formula is C48H30O. The zero-order chi connectivity index (χ0) is 32.3. The van der Waals surface area contributed by atoms with E-state index in [1.807, 2.05) is 0 Å². The van der Waals surface area contributed by atoms with Gasteiger partial charge in [0.05, 0.1) is 0 Å². The van der Waals surface area contributed by atoms with E-state index < -0.39 is 0 Å². The maximum atomic E-state index is 6.43. The number of furan rings is 1. The predicted molar refractivity (Wildman–Crippen MR) is 208 cm³/mol. The van der Waals surface area contributed by atoms with E-state index in [0.29, 0.717) is 0 Å². The molecule has 9 aromatic carbocycles. The van der Waals surface area contributed by atoms with Crippen molar-refractivity contribution < 1.29 is 4.42 Å². The highest BCUT2D eigenvalue weighted by molar-refractivity contribution is 6.22. The van der Waals surface area contributed by atoms with Crippen LogP contribution >= 0.6 is 0 Å². The summed E-state index contributed by atoms with van der Waals surface area (Å²) in [5.74, 6) is 0. The van der Waals surface area contributed by atoms with E-state index in [9.17, 15) is 0 Å². The molecule has 0 aliphatic carbocycles. The average Bonchev–Trinajstić information content (AvgIpc) is 3.55. The first-order valence-corrected chi connectivity index (χ1v) is 16.8. The molecule has 1 heteroatoms. The molecule has 0 saturated heterocycles. The third-order valence-corrected chi connectivity index (χ3v) is 10.1. The molecule has 0 fully saturated rings. The minimum absolute atomic E-state index is 0.901. The van der Waals surface area contributed by atoms with E-state index in [0.717, 1.165) is 21.9 Å². The van der Waals surface area contributed by atoms with E-state index in [-0.39, 0.29) is 0 Å². The summed E-state index contributed by atoms with van der Waals surface area (Å²) < 4.78 is 6.43. The van der Waals surface area contributed by atoms with Crippen LogP contribution in [-0.4, -0.2) is 0 Å². The van der Waals surface area contributed by atoms with Gasteiger partial charge in [0.15, 0.2) is 0 Å². The lowest BCUT2D eigenvalue weighted by Gasteiger charge is -2.18. The lowest BCUT2D eigenvalue weighted by atomic mass is 9.85. The van der Waals surface area contributed by atoms with Crippen LogP contribution in [0.4, 0.5) is 0 Å². The van der Waals surface area contributed by atoms with Gasteiger partial charge in [0.25, 0.3) is 0 Å². The fourth-order valence-electron chi connectivity index (χ4n) is 7.91. The Hall–Kier alpha value is -6.44. The van der Waals surface area contributed by atoms with Gasteiger partial charge in [0, 0.05) is 10.8 Å². The fourth-order valence-corrected chi connectivity index (χ4v) is 7.91. The molecule has 0 aliphatic heterocycles. The quantitative estimate of drug-likeness (QED) is 0.178.